The third kappa shape index (κ3) is 1.28. The SMILES string of the molecule is Cc1nn(-c2ccccc2)c2c1C(N)CC2. The normalized spacial score (nSPS) is 18.8. The molecule has 1 unspecified atom stereocenters. The molecule has 1 aromatic heterocycles. The minimum atomic E-state index is 0.174. The monoisotopic (exact) mass is 213 g/mol. The fourth-order valence-corrected chi connectivity index (χ4v) is 2.53. The third-order valence-electron chi connectivity index (χ3n) is 3.27. The van der Waals surface area contributed by atoms with Crippen molar-refractivity contribution in [1.29, 1.82) is 0 Å². The van der Waals surface area contributed by atoms with Crippen LogP contribution in [0.3, 0.4) is 0 Å². The van der Waals surface area contributed by atoms with E-state index in [1.807, 2.05) is 29.8 Å². The Hall–Kier alpha value is -1.61. The quantitative estimate of drug-likeness (QED) is 0.788. The van der Waals surface area contributed by atoms with Crippen molar-refractivity contribution in [3.8, 4) is 5.69 Å². The number of benzene rings is 1. The number of hydrogen-bond acceptors (Lipinski definition) is 2. The standard InChI is InChI=1S/C13H15N3/c1-9-13-11(14)7-8-12(13)16(15-9)10-5-3-2-4-6-10/h2-6,11H,7-8,14H2,1H3. The van der Waals surface area contributed by atoms with Crippen molar-refractivity contribution < 1.29 is 0 Å². The van der Waals surface area contributed by atoms with E-state index in [9.17, 15) is 0 Å². The number of rotatable bonds is 1. The van der Waals surface area contributed by atoms with E-state index >= 15 is 0 Å². The van der Waals surface area contributed by atoms with Gasteiger partial charge in [-0.1, -0.05) is 18.2 Å². The molecular weight excluding hydrogens is 198 g/mol. The number of nitrogens with zero attached hydrogens (tertiary/aromatic N) is 2. The van der Waals surface area contributed by atoms with Gasteiger partial charge < -0.3 is 5.73 Å². The molecule has 82 valence electrons. The van der Waals surface area contributed by atoms with Gasteiger partial charge in [0.1, 0.15) is 0 Å². The Labute approximate surface area is 94.9 Å². The summed E-state index contributed by atoms with van der Waals surface area (Å²) in [7, 11) is 0. The molecular formula is C13H15N3. The molecule has 1 aliphatic rings. The summed E-state index contributed by atoms with van der Waals surface area (Å²) >= 11 is 0. The number of hydrogen-bond donors (Lipinski definition) is 1. The third-order valence-corrected chi connectivity index (χ3v) is 3.27. The van der Waals surface area contributed by atoms with Gasteiger partial charge in [-0.25, -0.2) is 4.68 Å². The molecule has 0 bridgehead atoms. The molecule has 0 spiro atoms. The molecule has 0 saturated heterocycles. The molecule has 1 atom stereocenters. The van der Waals surface area contributed by atoms with Crippen LogP contribution < -0.4 is 5.73 Å². The van der Waals surface area contributed by atoms with Crippen molar-refractivity contribution in [2.45, 2.75) is 25.8 Å². The average Bonchev–Trinajstić information content (AvgIpc) is 2.83. The highest BCUT2D eigenvalue weighted by Crippen LogP contribution is 2.33. The summed E-state index contributed by atoms with van der Waals surface area (Å²) in [5.41, 5.74) is 10.8. The van der Waals surface area contributed by atoms with Crippen LogP contribution in [0.5, 0.6) is 0 Å². The predicted molar refractivity (Wildman–Crippen MR) is 63.6 cm³/mol. The molecule has 0 saturated carbocycles. The highest BCUT2D eigenvalue weighted by molar-refractivity contribution is 5.41. The summed E-state index contributed by atoms with van der Waals surface area (Å²) in [5, 5.41) is 4.59. The smallest absolute Gasteiger partial charge is 0.0649 e. The summed E-state index contributed by atoms with van der Waals surface area (Å²) in [4.78, 5) is 0. The summed E-state index contributed by atoms with van der Waals surface area (Å²) in [6, 6.07) is 10.4. The maximum absolute atomic E-state index is 6.09. The van der Waals surface area contributed by atoms with Gasteiger partial charge in [0.15, 0.2) is 0 Å². The van der Waals surface area contributed by atoms with E-state index in [1.54, 1.807) is 0 Å². The lowest BCUT2D eigenvalue weighted by Crippen LogP contribution is -2.06. The van der Waals surface area contributed by atoms with Crippen molar-refractivity contribution in [2.24, 2.45) is 5.73 Å². The van der Waals surface area contributed by atoms with Gasteiger partial charge in [-0.05, 0) is 31.9 Å². The van der Waals surface area contributed by atoms with Crippen LogP contribution in [0.4, 0.5) is 0 Å². The fraction of sp³-hybridized carbons (Fsp3) is 0.308. The van der Waals surface area contributed by atoms with Gasteiger partial charge in [0, 0.05) is 17.3 Å². The zero-order valence-corrected chi connectivity index (χ0v) is 9.35. The van der Waals surface area contributed by atoms with E-state index in [0.29, 0.717) is 0 Å². The molecule has 1 aromatic carbocycles. The molecule has 0 aliphatic heterocycles. The average molecular weight is 213 g/mol. The first-order valence-electron chi connectivity index (χ1n) is 5.67. The summed E-state index contributed by atoms with van der Waals surface area (Å²) in [6.07, 6.45) is 2.08. The van der Waals surface area contributed by atoms with Crippen LogP contribution in [0.25, 0.3) is 5.69 Å². The number of fused-ring (bicyclic) bond motifs is 1. The highest BCUT2D eigenvalue weighted by atomic mass is 15.3. The van der Waals surface area contributed by atoms with Crippen molar-refractivity contribution in [1.82, 2.24) is 9.78 Å². The number of aryl methyl sites for hydroxylation is 1. The first kappa shape index (κ1) is 9.60. The van der Waals surface area contributed by atoms with E-state index < -0.39 is 0 Å². The first-order chi connectivity index (χ1) is 7.77. The highest BCUT2D eigenvalue weighted by Gasteiger charge is 2.26. The van der Waals surface area contributed by atoms with Gasteiger partial charge in [0.05, 0.1) is 11.4 Å². The molecule has 3 rings (SSSR count). The molecule has 1 heterocycles. The predicted octanol–water partition coefficient (Wildman–Crippen LogP) is 2.13. The lowest BCUT2D eigenvalue weighted by atomic mass is 10.1. The number of nitrogens with two attached hydrogens (primary N) is 1. The Kier molecular flexibility index (Phi) is 2.07. The van der Waals surface area contributed by atoms with Gasteiger partial charge in [-0.3, -0.25) is 0 Å². The van der Waals surface area contributed by atoms with E-state index in [2.05, 4.69) is 17.2 Å². The number of aromatic nitrogens is 2. The van der Waals surface area contributed by atoms with Crippen LogP contribution in [0.15, 0.2) is 30.3 Å². The van der Waals surface area contributed by atoms with Crippen LogP contribution in [0, 0.1) is 6.92 Å². The molecule has 2 N–H and O–H groups in total. The molecule has 3 heteroatoms. The van der Waals surface area contributed by atoms with E-state index in [4.69, 9.17) is 5.73 Å². The van der Waals surface area contributed by atoms with Gasteiger partial charge in [-0.2, -0.15) is 5.10 Å². The molecule has 0 radical (unpaired) electrons. The van der Waals surface area contributed by atoms with E-state index in [1.165, 1.54) is 11.3 Å². The van der Waals surface area contributed by atoms with Gasteiger partial charge >= 0.3 is 0 Å². The first-order valence-corrected chi connectivity index (χ1v) is 5.67. The Morgan fingerprint density at radius 3 is 2.81 bits per heavy atom. The van der Waals surface area contributed by atoms with Crippen molar-refractivity contribution in [3.63, 3.8) is 0 Å². The fourth-order valence-electron chi connectivity index (χ4n) is 2.53. The van der Waals surface area contributed by atoms with Crippen LogP contribution in [0.1, 0.15) is 29.4 Å². The van der Waals surface area contributed by atoms with E-state index in [0.717, 1.165) is 24.2 Å². The molecule has 0 fully saturated rings. The van der Waals surface area contributed by atoms with E-state index in [-0.39, 0.29) is 6.04 Å². The maximum atomic E-state index is 6.09. The van der Waals surface area contributed by atoms with Crippen LogP contribution in [-0.4, -0.2) is 9.78 Å². The second-order valence-corrected chi connectivity index (χ2v) is 4.34. The zero-order valence-electron chi connectivity index (χ0n) is 9.35. The molecule has 16 heavy (non-hydrogen) atoms. The minimum absolute atomic E-state index is 0.174. The van der Waals surface area contributed by atoms with Crippen LogP contribution in [0.2, 0.25) is 0 Å². The number of para-hydroxylation sites is 1. The van der Waals surface area contributed by atoms with Gasteiger partial charge in [0.2, 0.25) is 0 Å². The second-order valence-electron chi connectivity index (χ2n) is 4.34. The molecule has 3 nitrogen and oxygen atoms in total. The van der Waals surface area contributed by atoms with Crippen molar-refractivity contribution >= 4 is 0 Å². The van der Waals surface area contributed by atoms with Crippen LogP contribution >= 0.6 is 0 Å². The topological polar surface area (TPSA) is 43.8 Å². The lowest BCUT2D eigenvalue weighted by Gasteiger charge is -2.04. The largest absolute Gasteiger partial charge is 0.324 e. The zero-order chi connectivity index (χ0) is 11.1. The van der Waals surface area contributed by atoms with Crippen molar-refractivity contribution in [2.75, 3.05) is 0 Å². The van der Waals surface area contributed by atoms with Crippen LogP contribution in [-0.2, 0) is 6.42 Å². The maximum Gasteiger partial charge on any atom is 0.0649 e. The minimum Gasteiger partial charge on any atom is -0.324 e. The Balaban J connectivity index is 2.17. The lowest BCUT2D eigenvalue weighted by molar-refractivity contribution is 0.685. The Morgan fingerprint density at radius 1 is 1.31 bits per heavy atom. The second kappa shape index (κ2) is 3.46. The Bertz CT molecular complexity index is 513. The molecule has 2 aromatic rings. The Morgan fingerprint density at radius 2 is 2.06 bits per heavy atom. The summed E-state index contributed by atoms with van der Waals surface area (Å²) < 4.78 is 2.04. The summed E-state index contributed by atoms with van der Waals surface area (Å²) in [6.45, 7) is 2.05. The summed E-state index contributed by atoms with van der Waals surface area (Å²) in [5.74, 6) is 0. The van der Waals surface area contributed by atoms with Crippen molar-refractivity contribution in [3.05, 3.63) is 47.3 Å². The van der Waals surface area contributed by atoms with Gasteiger partial charge in [-0.15, -0.1) is 0 Å². The molecule has 1 aliphatic carbocycles. The van der Waals surface area contributed by atoms with Gasteiger partial charge in [0.25, 0.3) is 0 Å². The molecule has 0 amide bonds.